The Hall–Kier alpha value is -2.71. The van der Waals surface area contributed by atoms with E-state index in [1.165, 1.54) is 12.1 Å². The quantitative estimate of drug-likeness (QED) is 0.656. The highest BCUT2D eigenvalue weighted by atomic mass is 35.5. The summed E-state index contributed by atoms with van der Waals surface area (Å²) in [6.45, 7) is 2.61. The second-order valence-corrected chi connectivity index (χ2v) is 6.75. The number of methoxy groups -OCH3 is 1. The van der Waals surface area contributed by atoms with Crippen LogP contribution >= 0.6 is 11.6 Å². The molecule has 7 nitrogen and oxygen atoms in total. The predicted molar refractivity (Wildman–Crippen MR) is 105 cm³/mol. The molecule has 146 valence electrons. The van der Waals surface area contributed by atoms with Crippen LogP contribution in [-0.4, -0.2) is 54.3 Å². The van der Waals surface area contributed by atoms with Crippen molar-refractivity contribution < 1.29 is 13.9 Å². The van der Waals surface area contributed by atoms with Gasteiger partial charge in [-0.3, -0.25) is 4.98 Å². The van der Waals surface area contributed by atoms with E-state index < -0.39 is 0 Å². The second-order valence-electron chi connectivity index (χ2n) is 6.41. The fourth-order valence-corrected chi connectivity index (χ4v) is 3.42. The highest BCUT2D eigenvalue weighted by Gasteiger charge is 2.24. The number of benzene rings is 1. The molecule has 9 heteroatoms. The number of fused-ring (bicyclic) bond motifs is 1. The first-order chi connectivity index (χ1) is 13.6. The van der Waals surface area contributed by atoms with E-state index in [2.05, 4.69) is 25.2 Å². The summed E-state index contributed by atoms with van der Waals surface area (Å²) < 4.78 is 24.3. The summed E-state index contributed by atoms with van der Waals surface area (Å²) in [4.78, 5) is 15.0. The molecule has 0 saturated carbocycles. The summed E-state index contributed by atoms with van der Waals surface area (Å²) >= 11 is 6.14. The maximum atomic E-state index is 13.0. The van der Waals surface area contributed by atoms with Crippen LogP contribution in [-0.2, 0) is 0 Å². The van der Waals surface area contributed by atoms with Crippen LogP contribution in [0, 0.1) is 5.82 Å². The van der Waals surface area contributed by atoms with Gasteiger partial charge in [0, 0.05) is 19.6 Å². The number of rotatable bonds is 5. The SMILES string of the molecule is COc1cncc2nc(Cl)nc(N3CCNC(COc4ccc(F)cc4)C3)c12. The molecule has 1 aliphatic rings. The number of piperazine rings is 1. The Morgan fingerprint density at radius 1 is 1.25 bits per heavy atom. The van der Waals surface area contributed by atoms with E-state index in [1.807, 2.05) is 0 Å². The van der Waals surface area contributed by atoms with E-state index in [0.717, 1.165) is 18.5 Å². The van der Waals surface area contributed by atoms with Crippen molar-refractivity contribution in [2.24, 2.45) is 0 Å². The molecule has 2 aromatic heterocycles. The van der Waals surface area contributed by atoms with E-state index in [4.69, 9.17) is 21.1 Å². The molecule has 0 amide bonds. The van der Waals surface area contributed by atoms with E-state index in [1.54, 1.807) is 31.6 Å². The van der Waals surface area contributed by atoms with E-state index >= 15 is 0 Å². The summed E-state index contributed by atoms with van der Waals surface area (Å²) in [5.41, 5.74) is 0.631. The van der Waals surface area contributed by atoms with E-state index in [0.29, 0.717) is 36.0 Å². The lowest BCUT2D eigenvalue weighted by atomic mass is 10.2. The topological polar surface area (TPSA) is 72.4 Å². The van der Waals surface area contributed by atoms with Crippen LogP contribution in [0.3, 0.4) is 0 Å². The minimum atomic E-state index is -0.287. The third-order valence-corrected chi connectivity index (χ3v) is 4.73. The van der Waals surface area contributed by atoms with E-state index in [9.17, 15) is 4.39 Å². The molecule has 1 fully saturated rings. The summed E-state index contributed by atoms with van der Waals surface area (Å²) in [5, 5.41) is 4.37. The van der Waals surface area contributed by atoms with Gasteiger partial charge < -0.3 is 19.7 Å². The Morgan fingerprint density at radius 3 is 2.86 bits per heavy atom. The highest BCUT2D eigenvalue weighted by Crippen LogP contribution is 2.32. The molecule has 28 heavy (non-hydrogen) atoms. The molecule has 1 aliphatic heterocycles. The van der Waals surface area contributed by atoms with Gasteiger partial charge in [-0.2, -0.15) is 4.98 Å². The van der Waals surface area contributed by atoms with E-state index in [-0.39, 0.29) is 17.1 Å². The molecule has 4 rings (SSSR count). The van der Waals surface area contributed by atoms with Crippen LogP contribution in [0.5, 0.6) is 11.5 Å². The highest BCUT2D eigenvalue weighted by molar-refractivity contribution is 6.29. The van der Waals surface area contributed by atoms with Crippen LogP contribution in [0.25, 0.3) is 10.9 Å². The fraction of sp³-hybridized carbons (Fsp3) is 0.316. The van der Waals surface area contributed by atoms with Crippen molar-refractivity contribution in [1.82, 2.24) is 20.3 Å². The third-order valence-electron chi connectivity index (χ3n) is 4.57. The summed E-state index contributed by atoms with van der Waals surface area (Å²) in [7, 11) is 1.59. The van der Waals surface area contributed by atoms with Crippen LogP contribution in [0.4, 0.5) is 10.2 Å². The van der Waals surface area contributed by atoms with Crippen molar-refractivity contribution in [3.8, 4) is 11.5 Å². The zero-order valence-electron chi connectivity index (χ0n) is 15.2. The normalized spacial score (nSPS) is 17.0. The van der Waals surface area contributed by atoms with Gasteiger partial charge in [0.05, 0.1) is 36.4 Å². The molecular formula is C19H19ClFN5O2. The van der Waals surface area contributed by atoms with Gasteiger partial charge in [-0.05, 0) is 35.9 Å². The molecule has 1 N–H and O–H groups in total. The first kappa shape index (κ1) is 18.6. The van der Waals surface area contributed by atoms with Gasteiger partial charge in [0.2, 0.25) is 5.28 Å². The lowest BCUT2D eigenvalue weighted by Gasteiger charge is -2.35. The van der Waals surface area contributed by atoms with Gasteiger partial charge in [0.25, 0.3) is 0 Å². The maximum absolute atomic E-state index is 13.0. The molecular weight excluding hydrogens is 385 g/mol. The Kier molecular flexibility index (Phi) is 5.40. The standard InChI is InChI=1S/C19H19ClFN5O2/c1-27-16-9-22-8-15-17(16)18(25-19(20)24-15)26-7-6-23-13(10-26)11-28-14-4-2-12(21)3-5-14/h2-5,8-9,13,23H,6-7,10-11H2,1H3. The van der Waals surface area contributed by atoms with Crippen molar-refractivity contribution in [1.29, 1.82) is 0 Å². The molecule has 1 saturated heterocycles. The lowest BCUT2D eigenvalue weighted by molar-refractivity contribution is 0.255. The largest absolute Gasteiger partial charge is 0.494 e. The minimum Gasteiger partial charge on any atom is -0.494 e. The Labute approximate surface area is 166 Å². The third kappa shape index (κ3) is 3.93. The molecule has 1 unspecified atom stereocenters. The molecule has 0 bridgehead atoms. The van der Waals surface area contributed by atoms with Crippen molar-refractivity contribution in [3.63, 3.8) is 0 Å². The number of nitrogens with one attached hydrogen (secondary N) is 1. The number of halogens is 2. The first-order valence-corrected chi connectivity index (χ1v) is 9.24. The second kappa shape index (κ2) is 8.12. The number of nitrogens with zero attached hydrogens (tertiary/aromatic N) is 4. The van der Waals surface area contributed by atoms with Gasteiger partial charge in [-0.25, -0.2) is 9.37 Å². The molecule has 0 aliphatic carbocycles. The van der Waals surface area contributed by atoms with Gasteiger partial charge in [0.15, 0.2) is 0 Å². The maximum Gasteiger partial charge on any atom is 0.224 e. The zero-order valence-corrected chi connectivity index (χ0v) is 16.0. The number of hydrogen-bond donors (Lipinski definition) is 1. The van der Waals surface area contributed by atoms with Crippen molar-refractivity contribution >= 4 is 28.3 Å². The molecule has 3 aromatic rings. The van der Waals surface area contributed by atoms with Crippen molar-refractivity contribution in [2.75, 3.05) is 38.3 Å². The Bertz CT molecular complexity index is 972. The van der Waals surface area contributed by atoms with Crippen molar-refractivity contribution in [3.05, 3.63) is 47.8 Å². The van der Waals surface area contributed by atoms with Gasteiger partial charge >= 0.3 is 0 Å². The van der Waals surface area contributed by atoms with Crippen LogP contribution in [0.15, 0.2) is 36.7 Å². The number of hydrogen-bond acceptors (Lipinski definition) is 7. The fourth-order valence-electron chi connectivity index (χ4n) is 3.25. The smallest absolute Gasteiger partial charge is 0.224 e. The lowest BCUT2D eigenvalue weighted by Crippen LogP contribution is -2.53. The summed E-state index contributed by atoms with van der Waals surface area (Å²) in [5.74, 6) is 1.65. The van der Waals surface area contributed by atoms with Gasteiger partial charge in [-0.15, -0.1) is 0 Å². The number of aromatic nitrogens is 3. The van der Waals surface area contributed by atoms with Crippen molar-refractivity contribution in [2.45, 2.75) is 6.04 Å². The van der Waals surface area contributed by atoms with Gasteiger partial charge in [-0.1, -0.05) is 0 Å². The molecule has 1 atom stereocenters. The zero-order chi connectivity index (χ0) is 19.5. The number of anilines is 1. The minimum absolute atomic E-state index is 0.0652. The predicted octanol–water partition coefficient (Wildman–Crippen LogP) is 2.68. The average molecular weight is 404 g/mol. The Balaban J connectivity index is 1.55. The molecule has 0 spiro atoms. The summed E-state index contributed by atoms with van der Waals surface area (Å²) in [6.07, 6.45) is 3.28. The van der Waals surface area contributed by atoms with Crippen LogP contribution in [0.2, 0.25) is 5.28 Å². The molecule has 3 heterocycles. The van der Waals surface area contributed by atoms with Gasteiger partial charge in [0.1, 0.15) is 29.7 Å². The Morgan fingerprint density at radius 2 is 2.07 bits per heavy atom. The van der Waals surface area contributed by atoms with Crippen LogP contribution in [0.1, 0.15) is 0 Å². The van der Waals surface area contributed by atoms with Crippen LogP contribution < -0.4 is 19.7 Å². The molecule has 0 radical (unpaired) electrons. The monoisotopic (exact) mass is 403 g/mol. The average Bonchev–Trinajstić information content (AvgIpc) is 2.72. The summed E-state index contributed by atoms with van der Waals surface area (Å²) in [6, 6.07) is 6.06. The first-order valence-electron chi connectivity index (χ1n) is 8.86. The number of pyridine rings is 1. The number of ether oxygens (including phenoxy) is 2. The molecule has 1 aromatic carbocycles.